The van der Waals surface area contributed by atoms with E-state index in [1.807, 2.05) is 11.4 Å². The summed E-state index contributed by atoms with van der Waals surface area (Å²) in [6.45, 7) is 1.88. The van der Waals surface area contributed by atoms with Gasteiger partial charge in [0.1, 0.15) is 0 Å². The Morgan fingerprint density at radius 1 is 1.14 bits per heavy atom. The van der Waals surface area contributed by atoms with Crippen molar-refractivity contribution in [3.63, 3.8) is 0 Å². The van der Waals surface area contributed by atoms with Gasteiger partial charge in [0.25, 0.3) is 5.91 Å². The number of ether oxygens (including phenoxy) is 3. The first-order chi connectivity index (χ1) is 13.5. The molecule has 0 saturated carbocycles. The van der Waals surface area contributed by atoms with Gasteiger partial charge >= 0.3 is 5.97 Å². The summed E-state index contributed by atoms with van der Waals surface area (Å²) in [5.41, 5.74) is 2.56. The SMILES string of the molecule is COc1ccc(CNC(=O)[C@@H](C)OC(=O)c2csc3c2CCCC3)cc1OC. The summed E-state index contributed by atoms with van der Waals surface area (Å²) in [7, 11) is 3.13. The van der Waals surface area contributed by atoms with Crippen LogP contribution in [0.3, 0.4) is 0 Å². The molecule has 1 atom stereocenters. The molecule has 0 spiro atoms. The summed E-state index contributed by atoms with van der Waals surface area (Å²) < 4.78 is 15.9. The van der Waals surface area contributed by atoms with Crippen molar-refractivity contribution in [3.8, 4) is 11.5 Å². The predicted molar refractivity (Wildman–Crippen MR) is 107 cm³/mol. The van der Waals surface area contributed by atoms with Gasteiger partial charge in [0.2, 0.25) is 0 Å². The molecular weight excluding hydrogens is 378 g/mol. The maximum absolute atomic E-state index is 12.5. The van der Waals surface area contributed by atoms with E-state index in [1.54, 1.807) is 44.6 Å². The molecule has 0 aliphatic heterocycles. The van der Waals surface area contributed by atoms with Crippen molar-refractivity contribution in [2.75, 3.05) is 14.2 Å². The number of aryl methyl sites for hydroxylation is 1. The van der Waals surface area contributed by atoms with Crippen LogP contribution in [-0.4, -0.2) is 32.2 Å². The maximum Gasteiger partial charge on any atom is 0.340 e. The normalized spacial score (nSPS) is 14.0. The monoisotopic (exact) mass is 403 g/mol. The Balaban J connectivity index is 1.56. The van der Waals surface area contributed by atoms with Crippen LogP contribution in [0.5, 0.6) is 11.5 Å². The minimum Gasteiger partial charge on any atom is -0.493 e. The molecule has 3 rings (SSSR count). The fourth-order valence-electron chi connectivity index (χ4n) is 3.27. The van der Waals surface area contributed by atoms with Crippen LogP contribution < -0.4 is 14.8 Å². The van der Waals surface area contributed by atoms with E-state index in [9.17, 15) is 9.59 Å². The first-order valence-electron chi connectivity index (χ1n) is 9.32. The second-order valence-electron chi connectivity index (χ2n) is 6.71. The minimum absolute atomic E-state index is 0.301. The molecule has 1 amide bonds. The molecule has 1 aliphatic carbocycles. The van der Waals surface area contributed by atoms with Crippen molar-refractivity contribution < 1.29 is 23.8 Å². The zero-order valence-electron chi connectivity index (χ0n) is 16.4. The summed E-state index contributed by atoms with van der Waals surface area (Å²) in [5.74, 6) is 0.454. The zero-order valence-corrected chi connectivity index (χ0v) is 17.2. The van der Waals surface area contributed by atoms with E-state index >= 15 is 0 Å². The number of benzene rings is 1. The average molecular weight is 404 g/mol. The number of fused-ring (bicyclic) bond motifs is 1. The molecule has 1 aromatic heterocycles. The second-order valence-corrected chi connectivity index (χ2v) is 7.68. The fourth-order valence-corrected chi connectivity index (χ4v) is 4.38. The van der Waals surface area contributed by atoms with Gasteiger partial charge in [0.05, 0.1) is 19.8 Å². The lowest BCUT2D eigenvalue weighted by Crippen LogP contribution is -2.35. The van der Waals surface area contributed by atoms with Crippen molar-refractivity contribution in [1.29, 1.82) is 0 Å². The van der Waals surface area contributed by atoms with Crippen LogP contribution in [0.1, 0.15) is 46.1 Å². The van der Waals surface area contributed by atoms with Crippen LogP contribution in [0.25, 0.3) is 0 Å². The third-order valence-corrected chi connectivity index (χ3v) is 5.94. The lowest BCUT2D eigenvalue weighted by Gasteiger charge is -2.16. The van der Waals surface area contributed by atoms with E-state index in [2.05, 4.69) is 5.32 Å². The molecule has 0 fully saturated rings. The Labute approximate surface area is 168 Å². The molecule has 0 bridgehead atoms. The maximum atomic E-state index is 12.5. The Bertz CT molecular complexity index is 860. The number of carbonyl (C=O) groups is 2. The van der Waals surface area contributed by atoms with E-state index in [4.69, 9.17) is 14.2 Å². The molecule has 7 heteroatoms. The van der Waals surface area contributed by atoms with Gasteiger partial charge in [-0.15, -0.1) is 11.3 Å². The third kappa shape index (κ3) is 4.47. The number of esters is 1. The minimum atomic E-state index is -0.869. The van der Waals surface area contributed by atoms with Gasteiger partial charge in [-0.1, -0.05) is 6.07 Å². The van der Waals surface area contributed by atoms with E-state index in [0.29, 0.717) is 23.6 Å². The Morgan fingerprint density at radius 2 is 1.89 bits per heavy atom. The Hall–Kier alpha value is -2.54. The van der Waals surface area contributed by atoms with Gasteiger partial charge in [-0.3, -0.25) is 4.79 Å². The quantitative estimate of drug-likeness (QED) is 0.716. The Kier molecular flexibility index (Phi) is 6.57. The van der Waals surface area contributed by atoms with E-state index in [1.165, 1.54) is 4.88 Å². The van der Waals surface area contributed by atoms with Crippen molar-refractivity contribution in [3.05, 3.63) is 45.1 Å². The van der Waals surface area contributed by atoms with Crippen molar-refractivity contribution in [1.82, 2.24) is 5.32 Å². The van der Waals surface area contributed by atoms with Crippen LogP contribution >= 0.6 is 11.3 Å². The third-order valence-electron chi connectivity index (χ3n) is 4.85. The highest BCUT2D eigenvalue weighted by atomic mass is 32.1. The van der Waals surface area contributed by atoms with Gasteiger partial charge in [-0.25, -0.2) is 4.79 Å². The molecule has 0 radical (unpaired) electrons. The van der Waals surface area contributed by atoms with Crippen LogP contribution in [0.15, 0.2) is 23.6 Å². The number of carbonyl (C=O) groups excluding carboxylic acids is 2. The second kappa shape index (κ2) is 9.10. The summed E-state index contributed by atoms with van der Waals surface area (Å²) in [4.78, 5) is 26.1. The number of nitrogens with one attached hydrogen (secondary N) is 1. The molecule has 28 heavy (non-hydrogen) atoms. The standard InChI is InChI=1S/C21H25NO5S/c1-13(27-21(24)16-12-28-19-7-5-4-6-15(16)19)20(23)22-11-14-8-9-17(25-2)18(10-14)26-3/h8-10,12-13H,4-7,11H2,1-3H3,(H,22,23)/t13-/m1/s1. The molecule has 2 aromatic rings. The number of hydrogen-bond donors (Lipinski definition) is 1. The van der Waals surface area contributed by atoms with Crippen molar-refractivity contribution in [2.45, 2.75) is 45.3 Å². The predicted octanol–water partition coefficient (Wildman–Crippen LogP) is 3.51. The first kappa shape index (κ1) is 20.2. The fraction of sp³-hybridized carbons (Fsp3) is 0.429. The van der Waals surface area contributed by atoms with Gasteiger partial charge in [-0.2, -0.15) is 0 Å². The van der Waals surface area contributed by atoms with Crippen LogP contribution in [0, 0.1) is 0 Å². The largest absolute Gasteiger partial charge is 0.493 e. The van der Waals surface area contributed by atoms with Gasteiger partial charge in [0.15, 0.2) is 17.6 Å². The molecule has 1 heterocycles. The van der Waals surface area contributed by atoms with Gasteiger partial charge < -0.3 is 19.5 Å². The molecule has 1 aromatic carbocycles. The number of rotatable bonds is 7. The van der Waals surface area contributed by atoms with Gasteiger partial charge in [-0.05, 0) is 55.9 Å². The summed E-state index contributed by atoms with van der Waals surface area (Å²) in [6, 6.07) is 5.42. The van der Waals surface area contributed by atoms with Gasteiger partial charge in [0, 0.05) is 16.8 Å². The van der Waals surface area contributed by atoms with Crippen LogP contribution in [0.4, 0.5) is 0 Å². The molecule has 0 unspecified atom stereocenters. The molecule has 150 valence electrons. The molecule has 1 aliphatic rings. The summed E-state index contributed by atoms with van der Waals surface area (Å²) in [5, 5.41) is 4.64. The topological polar surface area (TPSA) is 73.9 Å². The number of methoxy groups -OCH3 is 2. The molecule has 0 saturated heterocycles. The average Bonchev–Trinajstić information content (AvgIpc) is 3.15. The highest BCUT2D eigenvalue weighted by Crippen LogP contribution is 2.31. The van der Waals surface area contributed by atoms with Crippen LogP contribution in [-0.2, 0) is 28.9 Å². The zero-order chi connectivity index (χ0) is 20.1. The first-order valence-corrected chi connectivity index (χ1v) is 10.2. The highest BCUT2D eigenvalue weighted by Gasteiger charge is 2.24. The number of thiophene rings is 1. The van der Waals surface area contributed by atoms with E-state index in [0.717, 1.165) is 36.8 Å². The number of amides is 1. The van der Waals surface area contributed by atoms with Crippen LogP contribution in [0.2, 0.25) is 0 Å². The van der Waals surface area contributed by atoms with Crippen molar-refractivity contribution in [2.24, 2.45) is 0 Å². The number of hydrogen-bond acceptors (Lipinski definition) is 6. The molecule has 6 nitrogen and oxygen atoms in total. The summed E-state index contributed by atoms with van der Waals surface area (Å²) >= 11 is 1.61. The Morgan fingerprint density at radius 3 is 2.64 bits per heavy atom. The lowest BCUT2D eigenvalue weighted by atomic mass is 9.96. The van der Waals surface area contributed by atoms with Crippen molar-refractivity contribution >= 4 is 23.2 Å². The van der Waals surface area contributed by atoms with E-state index in [-0.39, 0.29) is 5.91 Å². The van der Waals surface area contributed by atoms with E-state index < -0.39 is 12.1 Å². The molecular formula is C21H25NO5S. The molecule has 1 N–H and O–H groups in total. The smallest absolute Gasteiger partial charge is 0.340 e. The highest BCUT2D eigenvalue weighted by molar-refractivity contribution is 7.10. The summed E-state index contributed by atoms with van der Waals surface area (Å²) in [6.07, 6.45) is 3.31. The lowest BCUT2D eigenvalue weighted by molar-refractivity contribution is -0.129.